The van der Waals surface area contributed by atoms with Crippen molar-refractivity contribution in [3.8, 4) is 5.69 Å². The summed E-state index contributed by atoms with van der Waals surface area (Å²) >= 11 is 1.62. The molecule has 0 spiro atoms. The summed E-state index contributed by atoms with van der Waals surface area (Å²) in [5.41, 5.74) is 4.39. The minimum absolute atomic E-state index is 0.147. The largest absolute Gasteiger partial charge is 0.350 e. The van der Waals surface area contributed by atoms with Crippen LogP contribution in [0.4, 0.5) is 4.39 Å². The van der Waals surface area contributed by atoms with E-state index in [-0.39, 0.29) is 11.7 Å². The maximum atomic E-state index is 13.3. The number of aryl methyl sites for hydroxylation is 1. The van der Waals surface area contributed by atoms with Gasteiger partial charge in [-0.25, -0.2) is 14.1 Å². The molecular weight excluding hydrogens is 375 g/mol. The van der Waals surface area contributed by atoms with Crippen LogP contribution in [0.1, 0.15) is 51.7 Å². The van der Waals surface area contributed by atoms with E-state index in [0.29, 0.717) is 18.7 Å². The van der Waals surface area contributed by atoms with Gasteiger partial charge in [-0.15, -0.1) is 11.3 Å². The zero-order valence-corrected chi connectivity index (χ0v) is 16.7. The highest BCUT2D eigenvalue weighted by Crippen LogP contribution is 2.26. The lowest BCUT2D eigenvalue weighted by molar-refractivity contribution is 0.0947. The Bertz CT molecular complexity index is 977. The smallest absolute Gasteiger partial charge is 0.272 e. The molecule has 146 valence electrons. The highest BCUT2D eigenvalue weighted by Gasteiger charge is 2.24. The van der Waals surface area contributed by atoms with Crippen molar-refractivity contribution in [3.05, 3.63) is 63.1 Å². The van der Waals surface area contributed by atoms with E-state index in [4.69, 9.17) is 0 Å². The Balaban J connectivity index is 1.57. The molecule has 0 saturated carbocycles. The van der Waals surface area contributed by atoms with Crippen molar-refractivity contribution in [2.24, 2.45) is 0 Å². The number of nitrogens with zero attached hydrogens (tertiary/aromatic N) is 3. The van der Waals surface area contributed by atoms with E-state index in [2.05, 4.69) is 15.4 Å². The van der Waals surface area contributed by atoms with Crippen LogP contribution in [0.15, 0.2) is 29.6 Å². The van der Waals surface area contributed by atoms with Crippen molar-refractivity contribution in [3.63, 3.8) is 0 Å². The number of amides is 1. The molecule has 5 nitrogen and oxygen atoms in total. The predicted molar refractivity (Wildman–Crippen MR) is 108 cm³/mol. The molecule has 1 aliphatic rings. The summed E-state index contributed by atoms with van der Waals surface area (Å²) < 4.78 is 15.1. The van der Waals surface area contributed by atoms with E-state index in [1.165, 1.54) is 12.1 Å². The zero-order chi connectivity index (χ0) is 19.5. The average molecular weight is 399 g/mol. The molecule has 0 bridgehead atoms. The number of fused-ring (bicyclic) bond motifs is 1. The molecule has 2 aromatic heterocycles. The zero-order valence-electron chi connectivity index (χ0n) is 15.9. The standard InChI is InChI=1S/C21H23FN4OS/c1-14-24-16(13-28-14)11-12-23-21(27)20-18-5-3-2-4-6-19(18)26(25-20)17-9-7-15(22)8-10-17/h7-10,13H,2-6,11-12H2,1H3,(H,23,27). The lowest BCUT2D eigenvalue weighted by atomic mass is 10.1. The molecule has 2 heterocycles. The SMILES string of the molecule is Cc1nc(CCNC(=O)c2nn(-c3ccc(F)cc3)c3c2CCCCC3)cs1. The van der Waals surface area contributed by atoms with Gasteiger partial charge in [0.2, 0.25) is 0 Å². The Morgan fingerprint density at radius 1 is 1.21 bits per heavy atom. The number of benzene rings is 1. The Kier molecular flexibility index (Phi) is 5.52. The summed E-state index contributed by atoms with van der Waals surface area (Å²) in [5, 5.41) is 10.7. The highest BCUT2D eigenvalue weighted by molar-refractivity contribution is 7.09. The fourth-order valence-electron chi connectivity index (χ4n) is 3.66. The van der Waals surface area contributed by atoms with Gasteiger partial charge in [0.15, 0.2) is 5.69 Å². The summed E-state index contributed by atoms with van der Waals surface area (Å²) in [6, 6.07) is 6.27. The first-order valence-electron chi connectivity index (χ1n) is 9.68. The van der Waals surface area contributed by atoms with E-state index < -0.39 is 0 Å². The summed E-state index contributed by atoms with van der Waals surface area (Å²) in [6.45, 7) is 2.50. The molecule has 1 N–H and O–H groups in total. The number of rotatable bonds is 5. The second-order valence-corrected chi connectivity index (χ2v) is 8.15. The van der Waals surface area contributed by atoms with Gasteiger partial charge < -0.3 is 5.32 Å². The van der Waals surface area contributed by atoms with Gasteiger partial charge >= 0.3 is 0 Å². The summed E-state index contributed by atoms with van der Waals surface area (Å²) in [7, 11) is 0. The van der Waals surface area contributed by atoms with Crippen LogP contribution in [-0.2, 0) is 19.3 Å². The van der Waals surface area contributed by atoms with E-state index in [1.54, 1.807) is 23.5 Å². The van der Waals surface area contributed by atoms with Crippen LogP contribution in [0.2, 0.25) is 0 Å². The van der Waals surface area contributed by atoms with Crippen LogP contribution in [0, 0.1) is 12.7 Å². The van der Waals surface area contributed by atoms with Crippen molar-refractivity contribution < 1.29 is 9.18 Å². The van der Waals surface area contributed by atoms with Gasteiger partial charge in [-0.1, -0.05) is 6.42 Å². The third-order valence-corrected chi connectivity index (χ3v) is 5.87. The third-order valence-electron chi connectivity index (χ3n) is 5.05. The molecule has 0 atom stereocenters. The van der Waals surface area contributed by atoms with Crippen LogP contribution in [-0.4, -0.2) is 27.2 Å². The van der Waals surface area contributed by atoms with Crippen LogP contribution >= 0.6 is 11.3 Å². The fraction of sp³-hybridized carbons (Fsp3) is 0.381. The number of aromatic nitrogens is 3. The van der Waals surface area contributed by atoms with Gasteiger partial charge in [-0.2, -0.15) is 5.10 Å². The van der Waals surface area contributed by atoms with Crippen molar-refractivity contribution in [2.45, 2.75) is 45.4 Å². The number of hydrogen-bond acceptors (Lipinski definition) is 4. The third kappa shape index (κ3) is 3.99. The average Bonchev–Trinajstić information content (AvgIpc) is 3.17. The molecule has 0 radical (unpaired) electrons. The number of halogens is 1. The van der Waals surface area contributed by atoms with Gasteiger partial charge in [-0.3, -0.25) is 4.79 Å². The summed E-state index contributed by atoms with van der Waals surface area (Å²) in [6.07, 6.45) is 5.71. The highest BCUT2D eigenvalue weighted by atomic mass is 32.1. The maximum Gasteiger partial charge on any atom is 0.272 e. The van der Waals surface area contributed by atoms with Gasteiger partial charge in [-0.05, 0) is 56.9 Å². The van der Waals surface area contributed by atoms with Crippen LogP contribution < -0.4 is 5.32 Å². The van der Waals surface area contributed by atoms with E-state index in [1.807, 2.05) is 17.0 Å². The summed E-state index contributed by atoms with van der Waals surface area (Å²) in [5.74, 6) is -0.428. The second-order valence-electron chi connectivity index (χ2n) is 7.09. The predicted octanol–water partition coefficient (Wildman–Crippen LogP) is 4.02. The second kappa shape index (κ2) is 8.22. The fourth-order valence-corrected chi connectivity index (χ4v) is 4.31. The van der Waals surface area contributed by atoms with Gasteiger partial charge in [0.05, 0.1) is 16.4 Å². The van der Waals surface area contributed by atoms with Gasteiger partial charge in [0, 0.05) is 29.6 Å². The molecule has 0 unspecified atom stereocenters. The van der Waals surface area contributed by atoms with Crippen molar-refractivity contribution in [2.75, 3.05) is 6.54 Å². The van der Waals surface area contributed by atoms with Crippen LogP contribution in [0.3, 0.4) is 0 Å². The number of thiazole rings is 1. The van der Waals surface area contributed by atoms with E-state index in [0.717, 1.165) is 59.8 Å². The van der Waals surface area contributed by atoms with Crippen molar-refractivity contribution in [1.29, 1.82) is 0 Å². The topological polar surface area (TPSA) is 59.8 Å². The van der Waals surface area contributed by atoms with Crippen LogP contribution in [0.5, 0.6) is 0 Å². The molecule has 1 amide bonds. The molecule has 3 aromatic rings. The lowest BCUT2D eigenvalue weighted by Crippen LogP contribution is -2.27. The van der Waals surface area contributed by atoms with Crippen molar-refractivity contribution in [1.82, 2.24) is 20.1 Å². The van der Waals surface area contributed by atoms with Gasteiger partial charge in [0.25, 0.3) is 5.91 Å². The Morgan fingerprint density at radius 3 is 2.75 bits per heavy atom. The minimum atomic E-state index is -0.280. The Morgan fingerprint density at radius 2 is 2.00 bits per heavy atom. The molecule has 0 aliphatic heterocycles. The molecule has 28 heavy (non-hydrogen) atoms. The number of carbonyl (C=O) groups excluding carboxylic acids is 1. The number of carbonyl (C=O) groups is 1. The van der Waals surface area contributed by atoms with E-state index in [9.17, 15) is 9.18 Å². The number of hydrogen-bond donors (Lipinski definition) is 1. The normalized spacial score (nSPS) is 13.8. The Hall–Kier alpha value is -2.54. The quantitative estimate of drug-likeness (QED) is 0.661. The maximum absolute atomic E-state index is 13.3. The molecule has 1 aliphatic carbocycles. The first-order valence-corrected chi connectivity index (χ1v) is 10.6. The molecule has 4 rings (SSSR count). The van der Waals surface area contributed by atoms with Gasteiger partial charge in [0.1, 0.15) is 5.82 Å². The lowest BCUT2D eigenvalue weighted by Gasteiger charge is -2.07. The first-order chi connectivity index (χ1) is 13.6. The monoisotopic (exact) mass is 398 g/mol. The molecule has 1 aromatic carbocycles. The number of nitrogens with one attached hydrogen (secondary N) is 1. The Labute approximate surface area is 167 Å². The minimum Gasteiger partial charge on any atom is -0.350 e. The molecular formula is C21H23FN4OS. The summed E-state index contributed by atoms with van der Waals surface area (Å²) in [4.78, 5) is 17.3. The molecule has 0 fully saturated rings. The molecule has 0 saturated heterocycles. The van der Waals surface area contributed by atoms with Crippen LogP contribution in [0.25, 0.3) is 5.69 Å². The molecule has 7 heteroatoms. The van der Waals surface area contributed by atoms with E-state index >= 15 is 0 Å². The first kappa shape index (κ1) is 18.8. The van der Waals surface area contributed by atoms with Crippen molar-refractivity contribution >= 4 is 17.2 Å².